The maximum absolute atomic E-state index is 5.79. The maximum atomic E-state index is 5.79. The zero-order valence-corrected chi connectivity index (χ0v) is 13.5. The lowest BCUT2D eigenvalue weighted by molar-refractivity contribution is 0.0839. The first-order valence-corrected chi connectivity index (χ1v) is 9.96. The Balaban J connectivity index is 1.41. The summed E-state index contributed by atoms with van der Waals surface area (Å²) in [6, 6.07) is 0. The summed E-state index contributed by atoms with van der Waals surface area (Å²) in [5.41, 5.74) is 0. The molecule has 0 N–H and O–H groups in total. The second-order valence-corrected chi connectivity index (χ2v) is 9.44. The van der Waals surface area contributed by atoms with Gasteiger partial charge in [0.15, 0.2) is 0 Å². The molecular formula is C13H24O7Si. The highest BCUT2D eigenvalue weighted by Crippen LogP contribution is 2.15. The second-order valence-electron chi connectivity index (χ2n) is 5.80. The normalized spacial score (nSPS) is 32.7. The van der Waals surface area contributed by atoms with Crippen molar-refractivity contribution in [3.05, 3.63) is 0 Å². The highest BCUT2D eigenvalue weighted by molar-refractivity contribution is 6.73. The molecular weight excluding hydrogens is 296 g/mol. The minimum atomic E-state index is -2.22. The van der Waals surface area contributed by atoms with Crippen molar-refractivity contribution in [3.63, 3.8) is 0 Å². The molecule has 0 saturated carbocycles. The van der Waals surface area contributed by atoms with Crippen molar-refractivity contribution in [2.75, 3.05) is 65.4 Å². The fourth-order valence-corrected chi connectivity index (χ4v) is 4.00. The largest absolute Gasteiger partial charge is 0.413 e. The first-order chi connectivity index (χ1) is 10.3. The van der Waals surface area contributed by atoms with Crippen LogP contribution >= 0.6 is 0 Å². The molecule has 8 heteroatoms. The average molecular weight is 320 g/mol. The van der Waals surface area contributed by atoms with E-state index in [1.807, 2.05) is 0 Å². The third kappa shape index (κ3) is 5.91. The summed E-state index contributed by atoms with van der Waals surface area (Å²) in [7, 11) is -0.501. The Hall–Kier alpha value is -0.0631. The average Bonchev–Trinajstić information content (AvgIpc) is 3.34. The molecule has 21 heavy (non-hydrogen) atoms. The third-order valence-corrected chi connectivity index (χ3v) is 6.70. The Morgan fingerprint density at radius 1 is 0.762 bits per heavy atom. The SMILES string of the molecule is CO[Si](COCC1CO1)(COCC1CO1)COCC1CO1. The Kier molecular flexibility index (Phi) is 5.63. The van der Waals surface area contributed by atoms with Crippen molar-refractivity contribution >= 4 is 8.32 Å². The summed E-state index contributed by atoms with van der Waals surface area (Å²) < 4.78 is 38.5. The van der Waals surface area contributed by atoms with E-state index in [9.17, 15) is 0 Å². The van der Waals surface area contributed by atoms with Gasteiger partial charge in [0, 0.05) is 7.11 Å². The summed E-state index contributed by atoms with van der Waals surface area (Å²) in [5.74, 6) is 0. The molecule has 0 aromatic rings. The van der Waals surface area contributed by atoms with Crippen LogP contribution in [0, 0.1) is 0 Å². The zero-order chi connectivity index (χ0) is 14.5. The molecule has 3 atom stereocenters. The number of ether oxygens (including phenoxy) is 6. The van der Waals surface area contributed by atoms with E-state index in [1.165, 1.54) is 0 Å². The molecule has 7 nitrogen and oxygen atoms in total. The van der Waals surface area contributed by atoms with Crippen molar-refractivity contribution in [2.45, 2.75) is 18.3 Å². The van der Waals surface area contributed by atoms with Gasteiger partial charge >= 0.3 is 0 Å². The first kappa shape index (κ1) is 15.8. The van der Waals surface area contributed by atoms with Crippen LogP contribution in [0.3, 0.4) is 0 Å². The van der Waals surface area contributed by atoms with Crippen LogP contribution in [-0.2, 0) is 32.8 Å². The number of epoxide rings is 3. The molecule has 3 rings (SSSR count). The lowest BCUT2D eigenvalue weighted by Crippen LogP contribution is -2.53. The first-order valence-electron chi connectivity index (χ1n) is 7.43. The van der Waals surface area contributed by atoms with Gasteiger partial charge in [-0.3, -0.25) is 0 Å². The van der Waals surface area contributed by atoms with Crippen molar-refractivity contribution < 1.29 is 32.8 Å². The van der Waals surface area contributed by atoms with Crippen LogP contribution in [0.15, 0.2) is 0 Å². The molecule has 0 amide bonds. The van der Waals surface area contributed by atoms with E-state index in [-0.39, 0.29) is 18.3 Å². The van der Waals surface area contributed by atoms with Gasteiger partial charge in [0.25, 0.3) is 8.32 Å². The molecule has 0 aromatic carbocycles. The molecule has 3 aliphatic heterocycles. The molecule has 0 spiro atoms. The number of hydrogen-bond acceptors (Lipinski definition) is 7. The molecule has 0 radical (unpaired) electrons. The molecule has 3 saturated heterocycles. The molecule has 0 aliphatic carbocycles. The van der Waals surface area contributed by atoms with Crippen LogP contribution in [-0.4, -0.2) is 92.1 Å². The van der Waals surface area contributed by atoms with Gasteiger partial charge < -0.3 is 32.8 Å². The van der Waals surface area contributed by atoms with Crippen molar-refractivity contribution in [1.29, 1.82) is 0 Å². The van der Waals surface area contributed by atoms with Gasteiger partial charge in [-0.2, -0.15) is 0 Å². The molecule has 0 aromatic heterocycles. The Morgan fingerprint density at radius 3 is 1.33 bits per heavy atom. The zero-order valence-electron chi connectivity index (χ0n) is 12.5. The summed E-state index contributed by atoms with van der Waals surface area (Å²) in [5, 5.41) is 0. The molecule has 3 heterocycles. The van der Waals surface area contributed by atoms with E-state index in [1.54, 1.807) is 7.11 Å². The van der Waals surface area contributed by atoms with Gasteiger partial charge in [-0.25, -0.2) is 0 Å². The fraction of sp³-hybridized carbons (Fsp3) is 1.00. The lowest BCUT2D eigenvalue weighted by Gasteiger charge is -2.28. The predicted molar refractivity (Wildman–Crippen MR) is 74.4 cm³/mol. The van der Waals surface area contributed by atoms with Crippen molar-refractivity contribution in [2.24, 2.45) is 0 Å². The minimum absolute atomic E-state index is 0.259. The fourth-order valence-electron chi connectivity index (χ4n) is 1.92. The van der Waals surface area contributed by atoms with Gasteiger partial charge in [0.1, 0.15) is 18.3 Å². The molecule has 3 aliphatic rings. The van der Waals surface area contributed by atoms with E-state index in [4.69, 9.17) is 32.8 Å². The summed E-state index contributed by atoms with van der Waals surface area (Å²) in [4.78, 5) is 0. The van der Waals surface area contributed by atoms with E-state index in [0.717, 1.165) is 19.8 Å². The van der Waals surface area contributed by atoms with Crippen LogP contribution in [0.1, 0.15) is 0 Å². The van der Waals surface area contributed by atoms with E-state index in [2.05, 4.69) is 0 Å². The Bertz CT molecular complexity index is 272. The van der Waals surface area contributed by atoms with Gasteiger partial charge in [-0.15, -0.1) is 0 Å². The van der Waals surface area contributed by atoms with Crippen LogP contribution in [0.2, 0.25) is 0 Å². The van der Waals surface area contributed by atoms with Gasteiger partial charge in [-0.05, 0) is 0 Å². The Labute approximate surface area is 125 Å². The van der Waals surface area contributed by atoms with Crippen LogP contribution in [0.5, 0.6) is 0 Å². The molecule has 3 unspecified atom stereocenters. The highest BCUT2D eigenvalue weighted by Gasteiger charge is 2.38. The van der Waals surface area contributed by atoms with Crippen molar-refractivity contribution in [1.82, 2.24) is 0 Å². The smallest absolute Gasteiger partial charge is 0.267 e. The topological polar surface area (TPSA) is 74.5 Å². The number of rotatable bonds is 13. The summed E-state index contributed by atoms with van der Waals surface area (Å²) >= 11 is 0. The summed E-state index contributed by atoms with van der Waals surface area (Å²) in [6.07, 6.45) is 2.45. The van der Waals surface area contributed by atoms with E-state index in [0.29, 0.717) is 38.5 Å². The third-order valence-electron chi connectivity index (χ3n) is 3.65. The quantitative estimate of drug-likeness (QED) is 0.333. The minimum Gasteiger partial charge on any atom is -0.413 e. The molecule has 3 fully saturated rings. The second kappa shape index (κ2) is 7.47. The van der Waals surface area contributed by atoms with Gasteiger partial charge in [-0.1, -0.05) is 0 Å². The lowest BCUT2D eigenvalue weighted by atomic mass is 10.5. The van der Waals surface area contributed by atoms with Crippen LogP contribution in [0.25, 0.3) is 0 Å². The highest BCUT2D eigenvalue weighted by atomic mass is 28.4. The van der Waals surface area contributed by atoms with Crippen LogP contribution in [0.4, 0.5) is 0 Å². The van der Waals surface area contributed by atoms with Crippen molar-refractivity contribution in [3.8, 4) is 0 Å². The van der Waals surface area contributed by atoms with E-state index < -0.39 is 8.32 Å². The molecule has 122 valence electrons. The van der Waals surface area contributed by atoms with Gasteiger partial charge in [0.05, 0.1) is 58.3 Å². The summed E-state index contributed by atoms with van der Waals surface area (Å²) in [6.45, 7) is 4.26. The molecule has 0 bridgehead atoms. The standard InChI is InChI=1S/C13H24O7Si/c1-14-21(8-15-2-11-5-18-11,9-16-3-12-6-19-12)10-17-4-13-7-20-13/h11-13H,2-10H2,1H3. The van der Waals surface area contributed by atoms with E-state index >= 15 is 0 Å². The Morgan fingerprint density at radius 2 is 1.10 bits per heavy atom. The number of hydrogen-bond donors (Lipinski definition) is 0. The predicted octanol–water partition coefficient (Wildman–Crippen LogP) is -0.558. The van der Waals surface area contributed by atoms with Crippen LogP contribution < -0.4 is 0 Å². The maximum Gasteiger partial charge on any atom is 0.267 e. The van der Waals surface area contributed by atoms with Gasteiger partial charge in [0.2, 0.25) is 0 Å². The monoisotopic (exact) mass is 320 g/mol.